The smallest absolute Gasteiger partial charge is 0.330 e. The molecule has 4 nitrogen and oxygen atoms in total. The molecular weight excluding hydrogens is 403 g/mol. The monoisotopic (exact) mass is 417 g/mol. The van der Waals surface area contributed by atoms with Crippen LogP contribution in [0, 0.1) is 0 Å². The lowest BCUT2D eigenvalue weighted by Gasteiger charge is -2.23. The quantitative estimate of drug-likeness (QED) is 0.524. The molecule has 0 radical (unpaired) electrons. The fraction of sp³-hybridized carbons (Fsp3) is 0.238. The summed E-state index contributed by atoms with van der Waals surface area (Å²) in [4.78, 5) is 19.4. The second-order valence-electron chi connectivity index (χ2n) is 7.22. The number of carbonyl (C=O) groups excluding carboxylic acids is 1. The second-order valence-corrected chi connectivity index (χ2v) is 7.62. The normalized spacial score (nSPS) is 18.3. The maximum absolute atomic E-state index is 13.2. The minimum Gasteiger partial charge on any atom is -0.330 e. The Balaban J connectivity index is 1.76. The molecule has 2 aromatic carbocycles. The molecule has 0 unspecified atom stereocenters. The summed E-state index contributed by atoms with van der Waals surface area (Å²) in [5.74, 6) is -0.160. The largest absolute Gasteiger partial charge is 0.416 e. The first-order valence-electron chi connectivity index (χ1n) is 9.21. The van der Waals surface area contributed by atoms with E-state index in [0.717, 1.165) is 30.7 Å². The summed E-state index contributed by atoms with van der Waals surface area (Å²) in [5, 5.41) is 0.348. The predicted octanol–water partition coefficient (Wildman–Crippen LogP) is 5.50. The molecule has 1 saturated heterocycles. The number of alkyl halides is 3. The molecule has 1 fully saturated rings. The minimum absolute atomic E-state index is 0.160. The van der Waals surface area contributed by atoms with E-state index < -0.39 is 11.7 Å². The molecule has 2 aliphatic rings. The van der Waals surface area contributed by atoms with Crippen LogP contribution in [0.4, 0.5) is 13.2 Å². The average molecular weight is 418 g/mol. The van der Waals surface area contributed by atoms with Crippen LogP contribution >= 0.6 is 11.6 Å². The Bertz CT molecular complexity index is 1140. The molecule has 8 heteroatoms. The van der Waals surface area contributed by atoms with Crippen LogP contribution in [0.3, 0.4) is 0 Å². The first-order chi connectivity index (χ1) is 13.9. The van der Waals surface area contributed by atoms with Crippen LogP contribution in [-0.4, -0.2) is 26.9 Å². The Morgan fingerprint density at radius 3 is 2.72 bits per heavy atom. The van der Waals surface area contributed by atoms with Crippen molar-refractivity contribution < 1.29 is 18.0 Å². The van der Waals surface area contributed by atoms with E-state index in [2.05, 4.69) is 4.98 Å². The molecule has 0 bridgehead atoms. The van der Waals surface area contributed by atoms with Gasteiger partial charge in [0.25, 0.3) is 5.91 Å². The molecule has 1 atom stereocenters. The second kappa shape index (κ2) is 6.35. The van der Waals surface area contributed by atoms with Crippen LogP contribution in [0.1, 0.15) is 40.5 Å². The molecule has 0 saturated carbocycles. The van der Waals surface area contributed by atoms with Gasteiger partial charge in [-0.3, -0.25) is 9.36 Å². The fourth-order valence-electron chi connectivity index (χ4n) is 4.30. The average Bonchev–Trinajstić information content (AvgIpc) is 3.31. The molecule has 5 rings (SSSR count). The summed E-state index contributed by atoms with van der Waals surface area (Å²) in [6, 6.07) is 10.1. The topological polar surface area (TPSA) is 38.1 Å². The van der Waals surface area contributed by atoms with Gasteiger partial charge in [0.15, 0.2) is 0 Å². The first-order valence-corrected chi connectivity index (χ1v) is 9.59. The molecule has 0 N–H and O–H groups in total. The Labute approximate surface area is 169 Å². The standard InChI is InChI=1S/C21H15ClF3N3O/c22-14-6-2-7-15-17(14)20(29)27-9-3-8-16(27)19-18(26-11-28(15)19)12-4-1-5-13(10-12)21(23,24)25/h1-2,4-7,10-11,16H,3,8-9H2/t16-/m0/s1. The summed E-state index contributed by atoms with van der Waals surface area (Å²) < 4.78 is 41.5. The zero-order chi connectivity index (χ0) is 20.3. The molecular formula is C21H15ClF3N3O. The van der Waals surface area contributed by atoms with Crippen molar-refractivity contribution >= 4 is 17.5 Å². The molecule has 0 aliphatic carbocycles. The number of rotatable bonds is 1. The third kappa shape index (κ3) is 2.75. The number of imidazole rings is 1. The number of carbonyl (C=O) groups is 1. The summed E-state index contributed by atoms with van der Waals surface area (Å²) in [6.45, 7) is 0.571. The lowest BCUT2D eigenvalue weighted by molar-refractivity contribution is -0.137. The van der Waals surface area contributed by atoms with Crippen LogP contribution in [-0.2, 0) is 6.18 Å². The van der Waals surface area contributed by atoms with Gasteiger partial charge in [-0.05, 0) is 37.1 Å². The van der Waals surface area contributed by atoms with Gasteiger partial charge in [0.2, 0.25) is 0 Å². The van der Waals surface area contributed by atoms with Crippen molar-refractivity contribution in [1.82, 2.24) is 14.5 Å². The highest BCUT2D eigenvalue weighted by molar-refractivity contribution is 6.34. The van der Waals surface area contributed by atoms with Gasteiger partial charge in [0.1, 0.15) is 6.33 Å². The van der Waals surface area contributed by atoms with E-state index in [-0.39, 0.29) is 11.9 Å². The number of fused-ring (bicyclic) bond motifs is 5. The maximum Gasteiger partial charge on any atom is 0.416 e. The van der Waals surface area contributed by atoms with Crippen molar-refractivity contribution in [2.24, 2.45) is 0 Å². The maximum atomic E-state index is 13.2. The van der Waals surface area contributed by atoms with Gasteiger partial charge in [-0.15, -0.1) is 0 Å². The van der Waals surface area contributed by atoms with Gasteiger partial charge in [-0.2, -0.15) is 13.2 Å². The fourth-order valence-corrected chi connectivity index (χ4v) is 4.55. The number of halogens is 4. The van der Waals surface area contributed by atoms with E-state index in [1.165, 1.54) is 6.07 Å². The van der Waals surface area contributed by atoms with E-state index >= 15 is 0 Å². The van der Waals surface area contributed by atoms with Crippen LogP contribution in [0.25, 0.3) is 16.9 Å². The van der Waals surface area contributed by atoms with E-state index in [1.807, 2.05) is 0 Å². The van der Waals surface area contributed by atoms with Crippen LogP contribution < -0.4 is 0 Å². The SMILES string of the molecule is O=C1c2c(Cl)cccc2-n2cnc(-c3cccc(C(F)(F)F)c3)c2[C@@H]2CCCN12. The lowest BCUT2D eigenvalue weighted by Crippen LogP contribution is -2.29. The number of amides is 1. The van der Waals surface area contributed by atoms with Crippen molar-refractivity contribution in [2.75, 3.05) is 6.54 Å². The van der Waals surface area contributed by atoms with Gasteiger partial charge >= 0.3 is 6.18 Å². The molecule has 1 amide bonds. The highest BCUT2D eigenvalue weighted by Crippen LogP contribution is 2.44. The number of hydrogen-bond acceptors (Lipinski definition) is 2. The third-order valence-corrected chi connectivity index (χ3v) is 5.88. The Morgan fingerprint density at radius 1 is 1.14 bits per heavy atom. The van der Waals surface area contributed by atoms with Crippen molar-refractivity contribution in [1.29, 1.82) is 0 Å². The lowest BCUT2D eigenvalue weighted by atomic mass is 10.0. The van der Waals surface area contributed by atoms with Crippen LogP contribution in [0.5, 0.6) is 0 Å². The van der Waals surface area contributed by atoms with Crippen molar-refractivity contribution in [3.63, 3.8) is 0 Å². The highest BCUT2D eigenvalue weighted by atomic mass is 35.5. The predicted molar refractivity (Wildman–Crippen MR) is 102 cm³/mol. The molecule has 29 heavy (non-hydrogen) atoms. The number of nitrogens with zero attached hydrogens (tertiary/aromatic N) is 3. The van der Waals surface area contributed by atoms with E-state index in [4.69, 9.17) is 11.6 Å². The molecule has 1 aromatic heterocycles. The molecule has 3 aromatic rings. The van der Waals surface area contributed by atoms with Crippen molar-refractivity contribution in [3.05, 3.63) is 70.6 Å². The van der Waals surface area contributed by atoms with Gasteiger partial charge in [0.05, 0.1) is 39.3 Å². The summed E-state index contributed by atoms with van der Waals surface area (Å²) in [6.07, 6.45) is -1.35. The number of hydrogen-bond donors (Lipinski definition) is 0. The van der Waals surface area contributed by atoms with E-state index in [9.17, 15) is 18.0 Å². The summed E-state index contributed by atoms with van der Waals surface area (Å²) in [5.41, 5.74) is 1.81. The van der Waals surface area contributed by atoms with Crippen LogP contribution in [0.2, 0.25) is 5.02 Å². The van der Waals surface area contributed by atoms with E-state index in [0.29, 0.717) is 34.1 Å². The number of aromatic nitrogens is 2. The Morgan fingerprint density at radius 2 is 1.93 bits per heavy atom. The third-order valence-electron chi connectivity index (χ3n) is 5.56. The van der Waals surface area contributed by atoms with Crippen LogP contribution in [0.15, 0.2) is 48.8 Å². The van der Waals surface area contributed by atoms with Gasteiger partial charge in [-0.1, -0.05) is 29.8 Å². The van der Waals surface area contributed by atoms with Gasteiger partial charge in [0, 0.05) is 12.1 Å². The molecule has 148 valence electrons. The van der Waals surface area contributed by atoms with Crippen molar-refractivity contribution in [2.45, 2.75) is 25.1 Å². The number of benzene rings is 2. The zero-order valence-corrected chi connectivity index (χ0v) is 15.8. The summed E-state index contributed by atoms with van der Waals surface area (Å²) in [7, 11) is 0. The zero-order valence-electron chi connectivity index (χ0n) is 15.1. The first kappa shape index (κ1) is 18.2. The molecule has 0 spiro atoms. The Kier molecular flexibility index (Phi) is 4.00. The van der Waals surface area contributed by atoms with Gasteiger partial charge < -0.3 is 4.90 Å². The van der Waals surface area contributed by atoms with Gasteiger partial charge in [-0.25, -0.2) is 4.98 Å². The van der Waals surface area contributed by atoms with Crippen molar-refractivity contribution in [3.8, 4) is 16.9 Å². The molecule has 3 heterocycles. The minimum atomic E-state index is -4.44. The summed E-state index contributed by atoms with van der Waals surface area (Å²) >= 11 is 6.35. The highest BCUT2D eigenvalue weighted by Gasteiger charge is 2.40. The molecule has 2 aliphatic heterocycles. The Hall–Kier alpha value is -2.80. The van der Waals surface area contributed by atoms with E-state index in [1.54, 1.807) is 40.1 Å².